The van der Waals surface area contributed by atoms with Crippen LogP contribution in [0.15, 0.2) is 24.3 Å². The van der Waals surface area contributed by atoms with Crippen molar-refractivity contribution in [2.24, 2.45) is 0 Å². The molecule has 1 N–H and O–H groups in total. The molecule has 4 rings (SSSR count). The van der Waals surface area contributed by atoms with E-state index in [4.69, 9.17) is 15.1 Å². The summed E-state index contributed by atoms with van der Waals surface area (Å²) < 4.78 is 5.72. The molecular formula is C26H31N5O2. The number of nitrogens with zero attached hydrogens (tertiary/aromatic N) is 4. The van der Waals surface area contributed by atoms with Gasteiger partial charge in [-0.1, -0.05) is 26.8 Å². The van der Waals surface area contributed by atoms with Crippen LogP contribution in [0.3, 0.4) is 0 Å². The zero-order valence-electron chi connectivity index (χ0n) is 20.0. The highest BCUT2D eigenvalue weighted by Crippen LogP contribution is 2.41. The third-order valence-corrected chi connectivity index (χ3v) is 6.35. The van der Waals surface area contributed by atoms with Gasteiger partial charge in [-0.3, -0.25) is 10.2 Å². The zero-order valence-corrected chi connectivity index (χ0v) is 20.0. The van der Waals surface area contributed by atoms with Crippen LogP contribution >= 0.6 is 0 Å². The number of benzene rings is 1. The highest BCUT2D eigenvalue weighted by Gasteiger charge is 2.32. The molecule has 0 atom stereocenters. The molecule has 0 unspecified atom stereocenters. The van der Waals surface area contributed by atoms with Crippen LogP contribution in [0.5, 0.6) is 5.75 Å². The van der Waals surface area contributed by atoms with Crippen LogP contribution in [0, 0.1) is 16.7 Å². The summed E-state index contributed by atoms with van der Waals surface area (Å²) in [6, 6.07) is 9.96. The first-order valence-corrected chi connectivity index (χ1v) is 11.3. The molecule has 33 heavy (non-hydrogen) atoms. The van der Waals surface area contributed by atoms with E-state index in [9.17, 15) is 10.1 Å². The minimum atomic E-state index is -0.260. The maximum Gasteiger partial charge on any atom is 0.182 e. The Hall–Kier alpha value is -3.40. The fraction of sp³-hybridized carbons (Fsp3) is 0.462. The highest BCUT2D eigenvalue weighted by molar-refractivity contribution is 6.05. The van der Waals surface area contributed by atoms with Crippen LogP contribution in [0.4, 0.5) is 5.69 Å². The van der Waals surface area contributed by atoms with Gasteiger partial charge in [0.2, 0.25) is 0 Å². The molecule has 2 aliphatic rings. The van der Waals surface area contributed by atoms with Gasteiger partial charge in [0.1, 0.15) is 23.8 Å². The van der Waals surface area contributed by atoms with Crippen molar-refractivity contribution in [3.8, 4) is 11.8 Å². The number of anilines is 1. The Kier molecular flexibility index (Phi) is 5.87. The summed E-state index contributed by atoms with van der Waals surface area (Å²) >= 11 is 0. The highest BCUT2D eigenvalue weighted by atomic mass is 16.5. The number of pyridine rings is 1. The van der Waals surface area contributed by atoms with Crippen molar-refractivity contribution in [3.63, 3.8) is 0 Å². The van der Waals surface area contributed by atoms with Crippen molar-refractivity contribution in [3.05, 3.63) is 52.3 Å². The van der Waals surface area contributed by atoms with Crippen LogP contribution < -0.4 is 9.64 Å². The molecule has 7 heteroatoms. The zero-order chi connectivity index (χ0) is 23.9. The Morgan fingerprint density at radius 3 is 2.67 bits per heavy atom. The van der Waals surface area contributed by atoms with Crippen LogP contribution in [0.2, 0.25) is 0 Å². The molecule has 0 saturated heterocycles. The Bertz CT molecular complexity index is 1150. The van der Waals surface area contributed by atoms with Crippen molar-refractivity contribution >= 4 is 17.3 Å². The van der Waals surface area contributed by atoms with E-state index in [1.165, 1.54) is 0 Å². The number of aromatic nitrogens is 1. The quantitative estimate of drug-likeness (QED) is 0.506. The standard InChI is InChI=1S/C26H31N5O2/c1-26(2,3)19-12-18(13-21(24(19)33-5)30(4)11-10-27)22(32)15-31-14-17-8-9-20(16-6-7-16)29-23(17)25(31)28/h8-9,12-13,16,28H,6-7,11,14-15H2,1-5H3. The number of methoxy groups -OCH3 is 1. The molecule has 1 aliphatic heterocycles. The Morgan fingerprint density at radius 1 is 1.33 bits per heavy atom. The summed E-state index contributed by atoms with van der Waals surface area (Å²) in [4.78, 5) is 21.7. The summed E-state index contributed by atoms with van der Waals surface area (Å²) in [7, 11) is 3.43. The molecular weight excluding hydrogens is 414 g/mol. The Balaban J connectivity index is 1.63. The Labute approximate surface area is 195 Å². The molecule has 0 amide bonds. The van der Waals surface area contributed by atoms with Crippen molar-refractivity contribution in [1.29, 1.82) is 10.7 Å². The summed E-state index contributed by atoms with van der Waals surface area (Å²) in [5, 5.41) is 17.8. The van der Waals surface area contributed by atoms with Crippen molar-refractivity contribution < 1.29 is 9.53 Å². The Morgan fingerprint density at radius 2 is 2.06 bits per heavy atom. The molecule has 0 bridgehead atoms. The number of ketones is 1. The number of rotatable bonds is 7. The predicted octanol–water partition coefficient (Wildman–Crippen LogP) is 4.25. The maximum atomic E-state index is 13.4. The molecule has 172 valence electrons. The number of nitriles is 1. The van der Waals surface area contributed by atoms with Gasteiger partial charge in [-0.25, -0.2) is 4.98 Å². The van der Waals surface area contributed by atoms with E-state index in [0.717, 1.165) is 29.7 Å². The van der Waals surface area contributed by atoms with Gasteiger partial charge in [0, 0.05) is 41.9 Å². The molecule has 1 fully saturated rings. The van der Waals surface area contributed by atoms with Crippen LogP contribution in [0.25, 0.3) is 0 Å². The van der Waals surface area contributed by atoms with Crippen molar-refractivity contribution in [2.45, 2.75) is 51.5 Å². The number of carbonyl (C=O) groups is 1. The molecule has 7 nitrogen and oxygen atoms in total. The lowest BCUT2D eigenvalue weighted by Crippen LogP contribution is -2.31. The van der Waals surface area contributed by atoms with Gasteiger partial charge in [0.25, 0.3) is 0 Å². The first kappa shape index (κ1) is 22.8. The van der Waals surface area contributed by atoms with Gasteiger partial charge in [0.05, 0.1) is 25.4 Å². The number of hydrogen-bond donors (Lipinski definition) is 1. The van der Waals surface area contributed by atoms with Gasteiger partial charge in [0.15, 0.2) is 5.78 Å². The lowest BCUT2D eigenvalue weighted by molar-refractivity contribution is 0.0962. The van der Waals surface area contributed by atoms with E-state index in [1.54, 1.807) is 23.0 Å². The lowest BCUT2D eigenvalue weighted by atomic mass is 9.84. The molecule has 1 saturated carbocycles. The second-order valence-corrected chi connectivity index (χ2v) is 9.99. The number of carbonyl (C=O) groups excluding carboxylic acids is 1. The van der Waals surface area contributed by atoms with Crippen molar-refractivity contribution in [1.82, 2.24) is 9.88 Å². The third-order valence-electron chi connectivity index (χ3n) is 6.35. The number of hydrogen-bond acceptors (Lipinski definition) is 6. The van der Waals surface area contributed by atoms with Crippen LogP contribution in [-0.2, 0) is 12.0 Å². The number of amidine groups is 1. The fourth-order valence-electron chi connectivity index (χ4n) is 4.30. The molecule has 2 heterocycles. The van der Waals surface area contributed by atoms with Gasteiger partial charge in [-0.2, -0.15) is 5.26 Å². The monoisotopic (exact) mass is 445 g/mol. The topological polar surface area (TPSA) is 93.3 Å². The molecule has 0 spiro atoms. The second-order valence-electron chi connectivity index (χ2n) is 9.99. The number of nitrogens with one attached hydrogen (secondary N) is 1. The fourth-order valence-corrected chi connectivity index (χ4v) is 4.30. The van der Waals surface area contributed by atoms with Gasteiger partial charge in [-0.15, -0.1) is 0 Å². The van der Waals surface area contributed by atoms with E-state index in [2.05, 4.69) is 39.0 Å². The second kappa shape index (κ2) is 8.51. The van der Waals surface area contributed by atoms with Crippen LogP contribution in [0.1, 0.15) is 72.4 Å². The molecule has 1 aromatic heterocycles. The van der Waals surface area contributed by atoms with Gasteiger partial charge >= 0.3 is 0 Å². The number of ether oxygens (including phenoxy) is 1. The van der Waals surface area contributed by atoms with Crippen LogP contribution in [-0.4, -0.2) is 48.7 Å². The summed E-state index contributed by atoms with van der Waals surface area (Å²) in [5.41, 5.74) is 4.67. The van der Waals surface area contributed by atoms with E-state index in [0.29, 0.717) is 41.0 Å². The number of fused-ring (bicyclic) bond motifs is 1. The average molecular weight is 446 g/mol. The molecule has 1 aromatic carbocycles. The summed E-state index contributed by atoms with van der Waals surface area (Å²) in [6.07, 6.45) is 2.33. The summed E-state index contributed by atoms with van der Waals surface area (Å²) in [5.74, 6) is 1.44. The van der Waals surface area contributed by atoms with Gasteiger partial charge < -0.3 is 14.5 Å². The van der Waals surface area contributed by atoms with E-state index in [1.807, 2.05) is 13.1 Å². The minimum absolute atomic E-state index is 0.0743. The normalized spacial score (nSPS) is 15.3. The third kappa shape index (κ3) is 4.43. The average Bonchev–Trinajstić information content (AvgIpc) is 3.58. The van der Waals surface area contributed by atoms with Crippen molar-refractivity contribution in [2.75, 3.05) is 32.1 Å². The first-order valence-electron chi connectivity index (χ1n) is 11.3. The van der Waals surface area contributed by atoms with E-state index < -0.39 is 0 Å². The smallest absolute Gasteiger partial charge is 0.182 e. The SMILES string of the molecule is COc1c(N(C)CC#N)cc(C(=O)CN2Cc3ccc(C4CC4)nc3C2=N)cc1C(C)(C)C. The van der Waals surface area contributed by atoms with E-state index in [-0.39, 0.29) is 24.3 Å². The van der Waals surface area contributed by atoms with E-state index >= 15 is 0 Å². The lowest BCUT2D eigenvalue weighted by Gasteiger charge is -2.28. The number of Topliss-reactive ketones (excluding diaryl/α,β-unsaturated/α-hetero) is 1. The summed E-state index contributed by atoms with van der Waals surface area (Å²) in [6.45, 7) is 7.01. The predicted molar refractivity (Wildman–Crippen MR) is 128 cm³/mol. The van der Waals surface area contributed by atoms with Gasteiger partial charge in [-0.05, 0) is 36.5 Å². The largest absolute Gasteiger partial charge is 0.494 e. The minimum Gasteiger partial charge on any atom is -0.494 e. The molecule has 2 aromatic rings. The first-order chi connectivity index (χ1) is 15.6. The molecule has 1 aliphatic carbocycles. The maximum absolute atomic E-state index is 13.4. The molecule has 0 radical (unpaired) electrons.